The van der Waals surface area contributed by atoms with Gasteiger partial charge in [-0.1, -0.05) is 29.8 Å². The third-order valence-corrected chi connectivity index (χ3v) is 4.63. The second-order valence-electron chi connectivity index (χ2n) is 4.76. The molecule has 0 saturated heterocycles. The minimum absolute atomic E-state index is 0.0130. The van der Waals surface area contributed by atoms with Crippen LogP contribution in [0.4, 0.5) is 4.39 Å². The van der Waals surface area contributed by atoms with Crippen molar-refractivity contribution in [2.75, 3.05) is 6.54 Å². The van der Waals surface area contributed by atoms with Crippen molar-refractivity contribution in [3.63, 3.8) is 0 Å². The summed E-state index contributed by atoms with van der Waals surface area (Å²) in [5.74, 6) is -0.395. The van der Waals surface area contributed by atoms with E-state index in [1.807, 2.05) is 6.07 Å². The van der Waals surface area contributed by atoms with Gasteiger partial charge in [0.25, 0.3) is 0 Å². The van der Waals surface area contributed by atoms with Gasteiger partial charge in [-0.3, -0.25) is 9.79 Å². The van der Waals surface area contributed by atoms with Gasteiger partial charge in [-0.05, 0) is 39.7 Å². The molecule has 2 aromatic carbocycles. The summed E-state index contributed by atoms with van der Waals surface area (Å²) in [5.41, 5.74) is 2.18. The van der Waals surface area contributed by atoms with Crippen molar-refractivity contribution < 1.29 is 9.18 Å². The molecule has 0 saturated carbocycles. The van der Waals surface area contributed by atoms with E-state index < -0.39 is 0 Å². The summed E-state index contributed by atoms with van der Waals surface area (Å²) in [6, 6.07) is 9.98. The Balaban J connectivity index is 2.30. The first-order valence-corrected chi connectivity index (χ1v) is 7.53. The highest BCUT2D eigenvalue weighted by molar-refractivity contribution is 9.10. The van der Waals surface area contributed by atoms with E-state index in [0.29, 0.717) is 26.3 Å². The predicted molar refractivity (Wildman–Crippen MR) is 84.8 cm³/mol. The van der Waals surface area contributed by atoms with Crippen molar-refractivity contribution in [2.24, 2.45) is 4.99 Å². The van der Waals surface area contributed by atoms with Crippen molar-refractivity contribution in [1.82, 2.24) is 0 Å². The number of halogens is 3. The van der Waals surface area contributed by atoms with Crippen LogP contribution in [-0.4, -0.2) is 18.0 Å². The molecule has 0 fully saturated rings. The average Bonchev–Trinajstić information content (AvgIpc) is 2.63. The number of carbonyl (C=O) groups excluding carboxylic acids is 1. The van der Waals surface area contributed by atoms with Crippen molar-refractivity contribution in [2.45, 2.75) is 6.42 Å². The number of carbonyl (C=O) groups is 1. The summed E-state index contributed by atoms with van der Waals surface area (Å²) in [7, 11) is 0. The third-order valence-electron chi connectivity index (χ3n) is 3.35. The summed E-state index contributed by atoms with van der Waals surface area (Å²) in [4.78, 5) is 16.1. The van der Waals surface area contributed by atoms with Gasteiger partial charge in [0, 0.05) is 22.0 Å². The van der Waals surface area contributed by atoms with E-state index in [-0.39, 0.29) is 24.6 Å². The number of fused-ring (bicyclic) bond motifs is 1. The van der Waals surface area contributed by atoms with Crippen molar-refractivity contribution in [3.8, 4) is 0 Å². The summed E-state index contributed by atoms with van der Waals surface area (Å²) in [6.45, 7) is 0.0340. The summed E-state index contributed by atoms with van der Waals surface area (Å²) in [6.07, 6.45) is 0.254. The zero-order chi connectivity index (χ0) is 15.0. The van der Waals surface area contributed by atoms with Crippen molar-refractivity contribution >= 4 is 39.0 Å². The van der Waals surface area contributed by atoms with Crippen molar-refractivity contribution in [1.29, 1.82) is 0 Å². The Bertz CT molecular complexity index is 773. The monoisotopic (exact) mass is 365 g/mol. The normalized spacial score (nSPS) is 14.4. The highest BCUT2D eigenvalue weighted by Crippen LogP contribution is 2.33. The molecular formula is C16H10BrClFNO. The minimum Gasteiger partial charge on any atom is -0.297 e. The largest absolute Gasteiger partial charge is 0.297 e. The van der Waals surface area contributed by atoms with Crippen LogP contribution < -0.4 is 0 Å². The average molecular weight is 367 g/mol. The van der Waals surface area contributed by atoms with Gasteiger partial charge in [-0.15, -0.1) is 0 Å². The SMILES string of the molecule is O=C1CN=C(c2ccccc2F)c2c(ccc(Br)c2Cl)C1. The number of rotatable bonds is 1. The molecule has 1 heterocycles. The van der Waals surface area contributed by atoms with Crippen molar-refractivity contribution in [3.05, 3.63) is 68.4 Å². The number of Topliss-reactive ketones (excluding diaryl/α,β-unsaturated/α-hetero) is 1. The van der Waals surface area contributed by atoms with E-state index >= 15 is 0 Å². The fourth-order valence-corrected chi connectivity index (χ4v) is 2.99. The van der Waals surface area contributed by atoms with Crippen LogP contribution in [0.1, 0.15) is 16.7 Å². The maximum absolute atomic E-state index is 14.1. The maximum atomic E-state index is 14.1. The number of hydrogen-bond acceptors (Lipinski definition) is 2. The lowest BCUT2D eigenvalue weighted by Crippen LogP contribution is -2.09. The Morgan fingerprint density at radius 2 is 1.95 bits per heavy atom. The van der Waals surface area contributed by atoms with Gasteiger partial charge in [-0.2, -0.15) is 0 Å². The van der Waals surface area contributed by atoms with Gasteiger partial charge in [0.2, 0.25) is 0 Å². The molecule has 1 aliphatic rings. The van der Waals surface area contributed by atoms with E-state index in [2.05, 4.69) is 20.9 Å². The number of nitrogens with zero attached hydrogens (tertiary/aromatic N) is 1. The van der Waals surface area contributed by atoms with Crippen LogP contribution in [0, 0.1) is 5.82 Å². The van der Waals surface area contributed by atoms with E-state index in [1.165, 1.54) is 6.07 Å². The molecule has 0 bridgehead atoms. The van der Waals surface area contributed by atoms with Gasteiger partial charge in [0.05, 0.1) is 17.3 Å². The molecule has 106 valence electrons. The fraction of sp³-hybridized carbons (Fsp3) is 0.125. The molecule has 0 aromatic heterocycles. The summed E-state index contributed by atoms with van der Waals surface area (Å²) in [5, 5.41) is 0.448. The standard InChI is InChI=1S/C16H10BrClFNO/c17-12-6-5-9-7-10(21)8-20-16(14(9)15(12)18)11-3-1-2-4-13(11)19/h1-6H,7-8H2. The van der Waals surface area contributed by atoms with E-state index in [1.54, 1.807) is 24.3 Å². The third kappa shape index (κ3) is 2.65. The van der Waals surface area contributed by atoms with E-state index in [0.717, 1.165) is 5.56 Å². The lowest BCUT2D eigenvalue weighted by atomic mass is 9.95. The van der Waals surface area contributed by atoms with Crippen LogP contribution in [0.15, 0.2) is 45.9 Å². The molecule has 0 amide bonds. The van der Waals surface area contributed by atoms with Gasteiger partial charge in [0.1, 0.15) is 5.82 Å². The first-order chi connectivity index (χ1) is 10.1. The molecule has 2 nitrogen and oxygen atoms in total. The Hall–Kier alpha value is -1.52. The van der Waals surface area contributed by atoms with Gasteiger partial charge < -0.3 is 0 Å². The van der Waals surface area contributed by atoms with Gasteiger partial charge in [0.15, 0.2) is 5.78 Å². The fourth-order valence-electron chi connectivity index (χ4n) is 2.38. The number of benzene rings is 2. The Labute approximate surface area is 134 Å². The Kier molecular flexibility index (Phi) is 3.91. The Morgan fingerprint density at radius 1 is 1.19 bits per heavy atom. The maximum Gasteiger partial charge on any atom is 0.158 e. The first kappa shape index (κ1) is 14.4. The molecule has 0 aliphatic carbocycles. The van der Waals surface area contributed by atoms with E-state index in [4.69, 9.17) is 11.6 Å². The Morgan fingerprint density at radius 3 is 2.71 bits per heavy atom. The summed E-state index contributed by atoms with van der Waals surface area (Å²) >= 11 is 9.73. The molecule has 0 spiro atoms. The van der Waals surface area contributed by atoms with Crippen LogP contribution in [0.25, 0.3) is 0 Å². The smallest absolute Gasteiger partial charge is 0.158 e. The van der Waals surface area contributed by atoms with Crippen LogP contribution in [0.3, 0.4) is 0 Å². The number of ketones is 1. The van der Waals surface area contributed by atoms with Crippen LogP contribution in [0.5, 0.6) is 0 Å². The second-order valence-corrected chi connectivity index (χ2v) is 5.99. The van der Waals surface area contributed by atoms with Crippen LogP contribution in [-0.2, 0) is 11.2 Å². The van der Waals surface area contributed by atoms with Gasteiger partial charge in [-0.25, -0.2) is 4.39 Å². The predicted octanol–water partition coefficient (Wildman–Crippen LogP) is 4.20. The molecule has 0 atom stereocenters. The zero-order valence-corrected chi connectivity index (χ0v) is 13.2. The van der Waals surface area contributed by atoms with Crippen LogP contribution in [0.2, 0.25) is 5.02 Å². The second kappa shape index (κ2) is 5.70. The van der Waals surface area contributed by atoms with Crippen LogP contribution >= 0.6 is 27.5 Å². The minimum atomic E-state index is -0.382. The number of hydrogen-bond donors (Lipinski definition) is 0. The quantitative estimate of drug-likeness (QED) is 0.743. The molecule has 0 unspecified atom stereocenters. The molecule has 1 aliphatic heterocycles. The van der Waals surface area contributed by atoms with E-state index in [9.17, 15) is 9.18 Å². The molecule has 3 rings (SSSR count). The first-order valence-electron chi connectivity index (χ1n) is 6.36. The highest BCUT2D eigenvalue weighted by Gasteiger charge is 2.23. The summed E-state index contributed by atoms with van der Waals surface area (Å²) < 4.78 is 14.8. The van der Waals surface area contributed by atoms with Gasteiger partial charge >= 0.3 is 0 Å². The molecule has 2 aromatic rings. The highest BCUT2D eigenvalue weighted by atomic mass is 79.9. The molecule has 5 heteroatoms. The molecular weight excluding hydrogens is 357 g/mol. The molecule has 0 radical (unpaired) electrons. The molecule has 21 heavy (non-hydrogen) atoms. The lowest BCUT2D eigenvalue weighted by Gasteiger charge is -2.13. The molecule has 0 N–H and O–H groups in total. The zero-order valence-electron chi connectivity index (χ0n) is 10.9. The number of aliphatic imine (C=N–C) groups is 1. The lowest BCUT2D eigenvalue weighted by molar-refractivity contribution is -0.117. The topological polar surface area (TPSA) is 29.4 Å².